The van der Waals surface area contributed by atoms with Gasteiger partial charge in [0.2, 0.25) is 0 Å². The fraction of sp³-hybridized carbons (Fsp3) is 0.632. The maximum Gasteiger partial charge on any atom is 0.407 e. The van der Waals surface area contributed by atoms with Crippen LogP contribution in [-0.4, -0.2) is 36.1 Å². The number of ether oxygens (including phenoxy) is 2. The highest BCUT2D eigenvalue weighted by Crippen LogP contribution is 2.14. The van der Waals surface area contributed by atoms with Gasteiger partial charge in [-0.2, -0.15) is 0 Å². The molecule has 0 saturated heterocycles. The summed E-state index contributed by atoms with van der Waals surface area (Å²) < 4.78 is 10.8. The van der Waals surface area contributed by atoms with Crippen LogP contribution in [0.3, 0.4) is 0 Å². The molecule has 0 heterocycles. The third-order valence-electron chi connectivity index (χ3n) is 3.34. The van der Waals surface area contributed by atoms with E-state index >= 15 is 0 Å². The third-order valence-corrected chi connectivity index (χ3v) is 3.34. The van der Waals surface area contributed by atoms with E-state index < -0.39 is 17.8 Å². The number of unbranched alkanes of at least 4 members (excludes halogenated alkanes) is 1. The second kappa shape index (κ2) is 10.2. The molecule has 1 amide bonds. The summed E-state index contributed by atoms with van der Waals surface area (Å²) in [7, 11) is 0. The monoisotopic (exact) mass is 337 g/mol. The van der Waals surface area contributed by atoms with Gasteiger partial charge in [-0.25, -0.2) is 4.79 Å². The number of alkyl carbamates (subject to hydrolysis) is 1. The van der Waals surface area contributed by atoms with Crippen molar-refractivity contribution < 1.29 is 19.4 Å². The van der Waals surface area contributed by atoms with Gasteiger partial charge < -0.3 is 19.9 Å². The molecule has 0 radical (unpaired) electrons. The van der Waals surface area contributed by atoms with E-state index in [4.69, 9.17) is 9.47 Å². The quantitative estimate of drug-likeness (QED) is 0.721. The van der Waals surface area contributed by atoms with E-state index in [1.54, 1.807) is 0 Å². The van der Waals surface area contributed by atoms with Gasteiger partial charge in [-0.05, 0) is 51.3 Å². The molecule has 0 aliphatic heterocycles. The van der Waals surface area contributed by atoms with Gasteiger partial charge in [0.1, 0.15) is 18.0 Å². The Bertz CT molecular complexity index is 479. The van der Waals surface area contributed by atoms with E-state index in [2.05, 4.69) is 12.2 Å². The van der Waals surface area contributed by atoms with Crippen molar-refractivity contribution in [1.82, 2.24) is 5.32 Å². The molecule has 0 spiro atoms. The number of benzene rings is 1. The number of hydrogen-bond acceptors (Lipinski definition) is 4. The molecule has 1 aromatic carbocycles. The number of nitrogens with one attached hydrogen (secondary N) is 1. The van der Waals surface area contributed by atoms with Crippen molar-refractivity contribution in [3.63, 3.8) is 0 Å². The number of aliphatic hydroxyl groups excluding tert-OH is 1. The zero-order chi connectivity index (χ0) is 18.0. The second-order valence-corrected chi connectivity index (χ2v) is 6.93. The van der Waals surface area contributed by atoms with Crippen molar-refractivity contribution in [3.05, 3.63) is 29.8 Å². The summed E-state index contributed by atoms with van der Waals surface area (Å²) in [6.45, 7) is 8.45. The fourth-order valence-corrected chi connectivity index (χ4v) is 2.09. The van der Waals surface area contributed by atoms with Crippen molar-refractivity contribution >= 4 is 6.09 Å². The highest BCUT2D eigenvalue weighted by Gasteiger charge is 2.15. The first-order valence-corrected chi connectivity index (χ1v) is 8.67. The summed E-state index contributed by atoms with van der Waals surface area (Å²) in [5, 5.41) is 12.5. The summed E-state index contributed by atoms with van der Waals surface area (Å²) in [5.74, 6) is 0.745. The number of amides is 1. The lowest BCUT2D eigenvalue weighted by atomic mass is 10.1. The third kappa shape index (κ3) is 9.40. The molecule has 1 atom stereocenters. The lowest BCUT2D eigenvalue weighted by Crippen LogP contribution is -2.33. The largest absolute Gasteiger partial charge is 0.491 e. The molecule has 1 aromatic rings. The van der Waals surface area contributed by atoms with Crippen LogP contribution in [0.2, 0.25) is 0 Å². The Morgan fingerprint density at radius 2 is 1.92 bits per heavy atom. The van der Waals surface area contributed by atoms with Crippen molar-refractivity contribution in [2.75, 3.05) is 13.2 Å². The molecule has 0 aromatic heterocycles. The average molecular weight is 337 g/mol. The zero-order valence-electron chi connectivity index (χ0n) is 15.3. The molecule has 1 rings (SSSR count). The van der Waals surface area contributed by atoms with Gasteiger partial charge in [-0.15, -0.1) is 0 Å². The Balaban J connectivity index is 2.28. The van der Waals surface area contributed by atoms with Gasteiger partial charge in [-0.3, -0.25) is 0 Å². The fourth-order valence-electron chi connectivity index (χ4n) is 2.09. The molecular formula is C19H31NO4. The van der Waals surface area contributed by atoms with E-state index in [1.165, 1.54) is 0 Å². The number of aliphatic hydroxyl groups is 1. The van der Waals surface area contributed by atoms with E-state index in [-0.39, 0.29) is 0 Å². The summed E-state index contributed by atoms with van der Waals surface area (Å²) in [6, 6.07) is 7.69. The average Bonchev–Trinajstić information content (AvgIpc) is 2.50. The normalized spacial score (nSPS) is 12.5. The molecule has 5 nitrogen and oxygen atoms in total. The number of hydrogen-bond donors (Lipinski definition) is 2. The van der Waals surface area contributed by atoms with Gasteiger partial charge in [0.05, 0.1) is 6.10 Å². The molecule has 136 valence electrons. The van der Waals surface area contributed by atoms with Crippen LogP contribution in [-0.2, 0) is 11.2 Å². The maximum absolute atomic E-state index is 11.5. The minimum atomic E-state index is -0.481. The number of carbonyl (C=O) groups is 1. The van der Waals surface area contributed by atoms with Crippen molar-refractivity contribution in [2.24, 2.45) is 0 Å². The van der Waals surface area contributed by atoms with Crippen LogP contribution in [0.4, 0.5) is 4.79 Å². The van der Waals surface area contributed by atoms with Crippen LogP contribution >= 0.6 is 0 Å². The SMILES string of the molecule is CCCC[C@H](O)COc1ccc(CCNC(=O)OC(C)(C)C)cc1. The van der Waals surface area contributed by atoms with Crippen LogP contribution in [0.1, 0.15) is 52.5 Å². The standard InChI is InChI=1S/C19H31NO4/c1-5-6-7-16(21)14-23-17-10-8-15(9-11-17)12-13-20-18(22)24-19(2,3)4/h8-11,16,21H,5-7,12-14H2,1-4H3,(H,20,22)/t16-/m0/s1. The van der Waals surface area contributed by atoms with Crippen LogP contribution in [0.15, 0.2) is 24.3 Å². The first kappa shape index (κ1) is 20.3. The van der Waals surface area contributed by atoms with Crippen LogP contribution in [0.5, 0.6) is 5.75 Å². The Labute approximate surface area is 145 Å². The molecule has 2 N–H and O–H groups in total. The Kier molecular flexibility index (Phi) is 8.61. The van der Waals surface area contributed by atoms with Gasteiger partial charge in [0.25, 0.3) is 0 Å². The topological polar surface area (TPSA) is 67.8 Å². The highest BCUT2D eigenvalue weighted by molar-refractivity contribution is 5.67. The molecule has 0 unspecified atom stereocenters. The van der Waals surface area contributed by atoms with E-state index in [1.807, 2.05) is 45.0 Å². The smallest absolute Gasteiger partial charge is 0.407 e. The van der Waals surface area contributed by atoms with Crippen LogP contribution in [0, 0.1) is 0 Å². The lowest BCUT2D eigenvalue weighted by molar-refractivity contribution is 0.0528. The van der Waals surface area contributed by atoms with E-state index in [0.29, 0.717) is 13.2 Å². The van der Waals surface area contributed by atoms with Gasteiger partial charge in [0, 0.05) is 6.54 Å². The highest BCUT2D eigenvalue weighted by atomic mass is 16.6. The minimum absolute atomic E-state index is 0.319. The molecule has 24 heavy (non-hydrogen) atoms. The minimum Gasteiger partial charge on any atom is -0.491 e. The molecular weight excluding hydrogens is 306 g/mol. The van der Waals surface area contributed by atoms with E-state index in [0.717, 1.165) is 37.0 Å². The van der Waals surface area contributed by atoms with Crippen LogP contribution < -0.4 is 10.1 Å². The van der Waals surface area contributed by atoms with Crippen molar-refractivity contribution in [2.45, 2.75) is 65.1 Å². The van der Waals surface area contributed by atoms with Gasteiger partial charge in [0.15, 0.2) is 0 Å². The Hall–Kier alpha value is -1.75. The second-order valence-electron chi connectivity index (χ2n) is 6.93. The lowest BCUT2D eigenvalue weighted by Gasteiger charge is -2.19. The summed E-state index contributed by atoms with van der Waals surface area (Å²) in [4.78, 5) is 11.5. The summed E-state index contributed by atoms with van der Waals surface area (Å²) in [5.41, 5.74) is 0.620. The summed E-state index contributed by atoms with van der Waals surface area (Å²) in [6.07, 6.45) is 2.76. The number of rotatable bonds is 9. The van der Waals surface area contributed by atoms with Gasteiger partial charge >= 0.3 is 6.09 Å². The molecule has 5 heteroatoms. The maximum atomic E-state index is 11.5. The van der Waals surface area contributed by atoms with E-state index in [9.17, 15) is 9.90 Å². The van der Waals surface area contributed by atoms with Gasteiger partial charge in [-0.1, -0.05) is 31.9 Å². The molecule has 0 aliphatic carbocycles. The molecule has 0 fully saturated rings. The molecule has 0 saturated carbocycles. The molecule has 0 aliphatic rings. The first-order chi connectivity index (χ1) is 11.3. The van der Waals surface area contributed by atoms with Crippen molar-refractivity contribution in [3.8, 4) is 5.75 Å². The van der Waals surface area contributed by atoms with Crippen molar-refractivity contribution in [1.29, 1.82) is 0 Å². The van der Waals surface area contributed by atoms with Crippen LogP contribution in [0.25, 0.3) is 0 Å². The molecule has 0 bridgehead atoms. The predicted molar refractivity (Wildman–Crippen MR) is 95.4 cm³/mol. The predicted octanol–water partition coefficient (Wildman–Crippen LogP) is 3.68. The summed E-state index contributed by atoms with van der Waals surface area (Å²) >= 11 is 0. The Morgan fingerprint density at radius 1 is 1.25 bits per heavy atom. The zero-order valence-corrected chi connectivity index (χ0v) is 15.3. The Morgan fingerprint density at radius 3 is 2.50 bits per heavy atom. The number of carbonyl (C=O) groups excluding carboxylic acids is 1. The first-order valence-electron chi connectivity index (χ1n) is 8.67.